The Hall–Kier alpha value is -3.95. The van der Waals surface area contributed by atoms with Gasteiger partial charge in [-0.15, -0.1) is 0 Å². The number of nitrogens with zero attached hydrogens (tertiary/aromatic N) is 5. The van der Waals surface area contributed by atoms with Gasteiger partial charge in [0.05, 0.1) is 28.9 Å². The van der Waals surface area contributed by atoms with E-state index in [9.17, 15) is 9.59 Å². The lowest BCUT2D eigenvalue weighted by Gasteiger charge is -2.04. The number of nitrogens with two attached hydrogens (primary N) is 1. The number of aromatic nitrogens is 4. The van der Waals surface area contributed by atoms with Crippen LogP contribution in [0.3, 0.4) is 0 Å². The molecule has 0 atom stereocenters. The van der Waals surface area contributed by atoms with Crippen LogP contribution in [0.25, 0.3) is 11.1 Å². The van der Waals surface area contributed by atoms with Crippen molar-refractivity contribution in [3.63, 3.8) is 0 Å². The molecule has 2 aromatic rings. The van der Waals surface area contributed by atoms with E-state index < -0.39 is 11.9 Å². The molecule has 0 amide bonds. The molecule has 2 aliphatic heterocycles. The molecule has 32 heavy (non-hydrogen) atoms. The van der Waals surface area contributed by atoms with E-state index in [2.05, 4.69) is 24.9 Å². The van der Waals surface area contributed by atoms with Gasteiger partial charge in [-0.2, -0.15) is 0 Å². The summed E-state index contributed by atoms with van der Waals surface area (Å²) >= 11 is 0. The molecular weight excluding hydrogens is 412 g/mol. The molecule has 4 rings (SSSR count). The van der Waals surface area contributed by atoms with Gasteiger partial charge in [0.1, 0.15) is 16.3 Å². The molecule has 2 aromatic heterocycles. The minimum absolute atomic E-state index is 0.00375. The van der Waals surface area contributed by atoms with Crippen LogP contribution >= 0.6 is 0 Å². The Morgan fingerprint density at radius 1 is 1.03 bits per heavy atom. The number of hydrogen-bond donors (Lipinski definition) is 1. The van der Waals surface area contributed by atoms with Crippen molar-refractivity contribution in [3.8, 4) is 11.8 Å². The maximum Gasteiger partial charge on any atom is 0.349 e. The summed E-state index contributed by atoms with van der Waals surface area (Å²) in [5, 5.41) is 0.384. The summed E-state index contributed by atoms with van der Waals surface area (Å²) in [7, 11) is 0. The lowest BCUT2D eigenvalue weighted by molar-refractivity contribution is -0.128. The third-order valence-corrected chi connectivity index (χ3v) is 5.00. The van der Waals surface area contributed by atoms with Crippen molar-refractivity contribution >= 4 is 29.3 Å². The zero-order valence-corrected chi connectivity index (χ0v) is 18.1. The van der Waals surface area contributed by atoms with Crippen molar-refractivity contribution < 1.29 is 19.1 Å². The molecule has 0 unspecified atom stereocenters. The maximum absolute atomic E-state index is 12.5. The molecule has 0 fully saturated rings. The van der Waals surface area contributed by atoms with E-state index in [1.54, 1.807) is 12.4 Å². The first kappa shape index (κ1) is 21.3. The Balaban J connectivity index is 1.76. The quantitative estimate of drug-likeness (QED) is 0.508. The second-order valence-corrected chi connectivity index (χ2v) is 7.91. The number of ether oxygens (including phenoxy) is 2. The summed E-state index contributed by atoms with van der Waals surface area (Å²) < 4.78 is 10.6. The van der Waals surface area contributed by atoms with E-state index >= 15 is 0 Å². The molecule has 0 radical (unpaired) electrons. The van der Waals surface area contributed by atoms with Gasteiger partial charge in [0.2, 0.25) is 5.88 Å². The summed E-state index contributed by atoms with van der Waals surface area (Å²) in [4.78, 5) is 46.5. The van der Waals surface area contributed by atoms with Crippen molar-refractivity contribution in [2.45, 2.75) is 40.0 Å². The number of carbonyl (C=O) groups is 2. The van der Waals surface area contributed by atoms with Crippen molar-refractivity contribution in [1.82, 2.24) is 19.9 Å². The molecule has 0 spiro atoms. The third-order valence-electron chi connectivity index (χ3n) is 5.00. The Morgan fingerprint density at radius 2 is 1.72 bits per heavy atom. The Labute approximate surface area is 183 Å². The number of carbonyl (C=O) groups excluding carboxylic acids is 2. The average Bonchev–Trinajstić information content (AvgIpc) is 3.23. The summed E-state index contributed by atoms with van der Waals surface area (Å²) in [6.07, 6.45) is 6.25. The number of rotatable bonds is 6. The van der Waals surface area contributed by atoms with E-state index in [1.807, 2.05) is 27.7 Å². The lowest BCUT2D eigenvalue weighted by Crippen LogP contribution is -2.20. The molecule has 10 nitrogen and oxygen atoms in total. The molecule has 164 valence electrons. The summed E-state index contributed by atoms with van der Waals surface area (Å²) in [5.74, 6) is -0.875. The van der Waals surface area contributed by atoms with Crippen molar-refractivity contribution in [1.29, 1.82) is 0 Å². The van der Waals surface area contributed by atoms with Crippen LogP contribution in [-0.2, 0) is 9.59 Å². The van der Waals surface area contributed by atoms with Crippen LogP contribution < -0.4 is 25.9 Å². The number of fused-ring (bicyclic) bond motifs is 2. The first-order valence-corrected chi connectivity index (χ1v) is 10.2. The van der Waals surface area contributed by atoms with Crippen molar-refractivity contribution in [2.75, 3.05) is 0 Å². The summed E-state index contributed by atoms with van der Waals surface area (Å²) in [6, 6.07) is 0. The molecular formula is C22H22N6O4. The van der Waals surface area contributed by atoms with Gasteiger partial charge >= 0.3 is 11.9 Å². The second-order valence-electron chi connectivity index (χ2n) is 7.91. The molecule has 2 N–H and O–H groups in total. The average molecular weight is 434 g/mol. The van der Waals surface area contributed by atoms with Crippen molar-refractivity contribution in [2.24, 2.45) is 16.6 Å². The second kappa shape index (κ2) is 8.29. The number of hydrogen-bond acceptors (Lipinski definition) is 10. The monoisotopic (exact) mass is 434 g/mol. The van der Waals surface area contributed by atoms with Crippen LogP contribution in [-0.4, -0.2) is 38.1 Å². The Bertz CT molecular complexity index is 1290. The highest BCUT2D eigenvalue weighted by Crippen LogP contribution is 2.21. The molecule has 0 bridgehead atoms. The van der Waals surface area contributed by atoms with Gasteiger partial charge in [-0.05, 0) is 11.8 Å². The van der Waals surface area contributed by atoms with Crippen LogP contribution in [0.15, 0.2) is 29.3 Å². The largest absolute Gasteiger partial charge is 0.403 e. The number of allylic oxidation sites excluding steroid dienone is 1. The van der Waals surface area contributed by atoms with E-state index in [0.29, 0.717) is 11.4 Å². The zero-order chi connectivity index (χ0) is 23.0. The number of aliphatic imine (C=N–C) groups is 1. The fourth-order valence-corrected chi connectivity index (χ4v) is 3.19. The molecule has 4 heterocycles. The molecule has 0 saturated heterocycles. The van der Waals surface area contributed by atoms with E-state index in [-0.39, 0.29) is 51.9 Å². The van der Waals surface area contributed by atoms with Gasteiger partial charge in [0.25, 0.3) is 5.88 Å². The van der Waals surface area contributed by atoms with Crippen LogP contribution in [0, 0.1) is 5.92 Å². The first-order chi connectivity index (χ1) is 15.3. The fraction of sp³-hybridized carbons (Fsp3) is 0.318. The van der Waals surface area contributed by atoms with Crippen LogP contribution in [0.2, 0.25) is 0 Å². The zero-order valence-electron chi connectivity index (χ0n) is 18.1. The molecule has 0 saturated carbocycles. The predicted octanol–water partition coefficient (Wildman–Crippen LogP) is 0.495. The highest BCUT2D eigenvalue weighted by atomic mass is 16.6. The van der Waals surface area contributed by atoms with E-state index in [4.69, 9.17) is 15.2 Å². The third kappa shape index (κ3) is 3.75. The molecule has 0 aromatic carbocycles. The van der Waals surface area contributed by atoms with Crippen LogP contribution in [0.5, 0.6) is 11.8 Å². The van der Waals surface area contributed by atoms with Crippen molar-refractivity contribution in [3.05, 3.63) is 46.4 Å². The smallest absolute Gasteiger partial charge is 0.349 e. The van der Waals surface area contributed by atoms with Crippen LogP contribution in [0.4, 0.5) is 0 Å². The maximum atomic E-state index is 12.5. The topological polar surface area (TPSA) is 143 Å². The Kier molecular flexibility index (Phi) is 5.52. The van der Waals surface area contributed by atoms with Gasteiger partial charge in [-0.3, -0.25) is 15.0 Å². The van der Waals surface area contributed by atoms with Crippen LogP contribution in [0.1, 0.15) is 51.4 Å². The standard InChI is InChI=1S/C22H22N6O4/c1-10(2)13(7-23)24-6-5-12-17-19(31-21(12)29)28-18-16(22(30)32-20(18)27-17)15-9-25-14(8-26-15)11(3)4/h6-11H,5,23H2,1-4H3/b13-7-,24-6?. The molecule has 2 aliphatic rings. The van der Waals surface area contributed by atoms with Gasteiger partial charge in [0, 0.05) is 25.0 Å². The number of esters is 2. The highest BCUT2D eigenvalue weighted by Gasteiger charge is 2.33. The van der Waals surface area contributed by atoms with Gasteiger partial charge in [-0.25, -0.2) is 19.6 Å². The van der Waals surface area contributed by atoms with Gasteiger partial charge in [0.15, 0.2) is 0 Å². The fourth-order valence-electron chi connectivity index (χ4n) is 3.19. The van der Waals surface area contributed by atoms with E-state index in [0.717, 1.165) is 5.69 Å². The molecule has 10 heteroatoms. The minimum Gasteiger partial charge on any atom is -0.403 e. The highest BCUT2D eigenvalue weighted by molar-refractivity contribution is 6.18. The summed E-state index contributed by atoms with van der Waals surface area (Å²) in [6.45, 7) is 7.90. The lowest BCUT2D eigenvalue weighted by atomic mass is 10.1. The van der Waals surface area contributed by atoms with Gasteiger partial charge < -0.3 is 15.2 Å². The first-order valence-electron chi connectivity index (χ1n) is 10.2. The molecule has 0 aliphatic carbocycles. The van der Waals surface area contributed by atoms with E-state index in [1.165, 1.54) is 12.4 Å². The minimum atomic E-state index is -0.639. The normalized spacial score (nSPS) is 15.6. The Morgan fingerprint density at radius 3 is 2.34 bits per heavy atom. The summed E-state index contributed by atoms with van der Waals surface area (Å²) in [5.41, 5.74) is 7.76. The predicted molar refractivity (Wildman–Crippen MR) is 115 cm³/mol. The SMILES string of the molecule is CC(C)/C(=C/N)N=CCC1=c2nc3c(nc2OC1=O)=C(c1cnc(C(C)C)cn1)C(=O)O3. The van der Waals surface area contributed by atoms with Gasteiger partial charge in [-0.1, -0.05) is 27.7 Å².